The molecule has 1 atom stereocenters. The molecular weight excluding hydrogens is 368 g/mol. The Bertz CT molecular complexity index is 980. The molecule has 0 saturated carbocycles. The van der Waals surface area contributed by atoms with Crippen LogP contribution >= 0.6 is 11.8 Å². The first-order chi connectivity index (χ1) is 13.4. The van der Waals surface area contributed by atoms with Gasteiger partial charge in [-0.1, -0.05) is 62.0 Å². The summed E-state index contributed by atoms with van der Waals surface area (Å²) in [5, 5.41) is 12.0. The van der Waals surface area contributed by atoms with Crippen molar-refractivity contribution in [1.82, 2.24) is 14.8 Å². The van der Waals surface area contributed by atoms with Gasteiger partial charge in [-0.25, -0.2) is 0 Å². The van der Waals surface area contributed by atoms with Crippen molar-refractivity contribution >= 4 is 23.4 Å². The standard InChI is InChI=1S/C22H26N4OS/c1-14(2)18-11-7-8-12-19(18)23-21(27)16(4)28-22-25-24-17(5)26(22)20-13-9-6-10-15(20)3/h6-14,16H,1-5H3,(H,23,27). The fourth-order valence-electron chi connectivity index (χ4n) is 3.07. The van der Waals surface area contributed by atoms with Crippen molar-refractivity contribution in [2.75, 3.05) is 5.32 Å². The highest BCUT2D eigenvalue weighted by atomic mass is 32.2. The molecule has 0 saturated heterocycles. The molecule has 5 nitrogen and oxygen atoms in total. The number of anilines is 1. The zero-order chi connectivity index (χ0) is 20.3. The summed E-state index contributed by atoms with van der Waals surface area (Å²) in [6.07, 6.45) is 0. The molecule has 1 heterocycles. The summed E-state index contributed by atoms with van der Waals surface area (Å²) < 4.78 is 2.01. The van der Waals surface area contributed by atoms with Gasteiger partial charge in [0.05, 0.1) is 10.9 Å². The highest BCUT2D eigenvalue weighted by Crippen LogP contribution is 2.29. The monoisotopic (exact) mass is 394 g/mol. The maximum atomic E-state index is 12.8. The molecular formula is C22H26N4OS. The molecule has 1 N–H and O–H groups in total. The quantitative estimate of drug-likeness (QED) is 0.589. The van der Waals surface area contributed by atoms with E-state index in [1.54, 1.807) is 0 Å². The molecule has 6 heteroatoms. The normalized spacial score (nSPS) is 12.2. The number of carbonyl (C=O) groups excluding carboxylic acids is 1. The van der Waals surface area contributed by atoms with E-state index in [0.29, 0.717) is 11.1 Å². The van der Waals surface area contributed by atoms with Crippen LogP contribution in [-0.2, 0) is 4.79 Å². The van der Waals surface area contributed by atoms with Crippen LogP contribution in [0.5, 0.6) is 0 Å². The van der Waals surface area contributed by atoms with E-state index in [2.05, 4.69) is 48.4 Å². The zero-order valence-corrected chi connectivity index (χ0v) is 17.7. The first-order valence-corrected chi connectivity index (χ1v) is 10.3. The summed E-state index contributed by atoms with van der Waals surface area (Å²) in [5.41, 5.74) is 4.17. The average molecular weight is 395 g/mol. The molecule has 146 valence electrons. The van der Waals surface area contributed by atoms with E-state index >= 15 is 0 Å². The fraction of sp³-hybridized carbons (Fsp3) is 0.318. The van der Waals surface area contributed by atoms with Crippen molar-refractivity contribution in [2.24, 2.45) is 0 Å². The van der Waals surface area contributed by atoms with Gasteiger partial charge in [-0.2, -0.15) is 0 Å². The van der Waals surface area contributed by atoms with E-state index in [0.717, 1.165) is 28.3 Å². The summed E-state index contributed by atoms with van der Waals surface area (Å²) in [6, 6.07) is 16.0. The van der Waals surface area contributed by atoms with E-state index < -0.39 is 0 Å². The molecule has 0 bridgehead atoms. The van der Waals surface area contributed by atoms with Gasteiger partial charge in [-0.3, -0.25) is 9.36 Å². The van der Waals surface area contributed by atoms with Crippen molar-refractivity contribution < 1.29 is 4.79 Å². The lowest BCUT2D eigenvalue weighted by Crippen LogP contribution is -2.23. The lowest BCUT2D eigenvalue weighted by Gasteiger charge is -2.17. The number of rotatable bonds is 6. The smallest absolute Gasteiger partial charge is 0.237 e. The molecule has 0 radical (unpaired) electrons. The van der Waals surface area contributed by atoms with Crippen LogP contribution in [0.3, 0.4) is 0 Å². The first-order valence-electron chi connectivity index (χ1n) is 9.43. The van der Waals surface area contributed by atoms with Gasteiger partial charge < -0.3 is 5.32 Å². The molecule has 2 aromatic carbocycles. The van der Waals surface area contributed by atoms with Crippen LogP contribution < -0.4 is 5.32 Å². The first kappa shape index (κ1) is 20.1. The van der Waals surface area contributed by atoms with Crippen molar-refractivity contribution in [2.45, 2.75) is 50.9 Å². The predicted octanol–water partition coefficient (Wildman–Crippen LogP) is 5.13. The molecule has 0 aliphatic rings. The third-order valence-corrected chi connectivity index (χ3v) is 5.69. The summed E-state index contributed by atoms with van der Waals surface area (Å²) in [7, 11) is 0. The number of nitrogens with zero attached hydrogens (tertiary/aromatic N) is 3. The molecule has 1 unspecified atom stereocenters. The number of thioether (sulfide) groups is 1. The molecule has 0 aliphatic carbocycles. The second kappa shape index (κ2) is 8.61. The van der Waals surface area contributed by atoms with E-state index in [9.17, 15) is 4.79 Å². The van der Waals surface area contributed by atoms with Gasteiger partial charge in [-0.05, 0) is 49.9 Å². The molecule has 3 aromatic rings. The Morgan fingerprint density at radius 1 is 1.00 bits per heavy atom. The maximum Gasteiger partial charge on any atom is 0.237 e. The maximum absolute atomic E-state index is 12.8. The molecule has 28 heavy (non-hydrogen) atoms. The number of aromatic nitrogens is 3. The van der Waals surface area contributed by atoms with Gasteiger partial charge in [0.2, 0.25) is 5.91 Å². The topological polar surface area (TPSA) is 59.8 Å². The summed E-state index contributed by atoms with van der Waals surface area (Å²) in [4.78, 5) is 12.8. The number of hydrogen-bond acceptors (Lipinski definition) is 4. The van der Waals surface area contributed by atoms with Gasteiger partial charge in [0.15, 0.2) is 5.16 Å². The van der Waals surface area contributed by atoms with Gasteiger partial charge in [-0.15, -0.1) is 10.2 Å². The number of para-hydroxylation sites is 2. The van der Waals surface area contributed by atoms with Crippen LogP contribution in [0.1, 0.15) is 43.6 Å². The lowest BCUT2D eigenvalue weighted by atomic mass is 10.0. The molecule has 3 rings (SSSR count). The highest BCUT2D eigenvalue weighted by Gasteiger charge is 2.21. The van der Waals surface area contributed by atoms with Crippen LogP contribution in [0.25, 0.3) is 5.69 Å². The third-order valence-electron chi connectivity index (χ3n) is 4.64. The molecule has 1 aromatic heterocycles. The third kappa shape index (κ3) is 4.28. The average Bonchev–Trinajstić information content (AvgIpc) is 3.02. The highest BCUT2D eigenvalue weighted by molar-refractivity contribution is 8.00. The molecule has 0 fully saturated rings. The van der Waals surface area contributed by atoms with Crippen molar-refractivity contribution in [3.8, 4) is 5.69 Å². The van der Waals surface area contributed by atoms with Crippen LogP contribution in [-0.4, -0.2) is 25.9 Å². The Morgan fingerprint density at radius 3 is 2.39 bits per heavy atom. The molecule has 0 aliphatic heterocycles. The van der Waals surface area contributed by atoms with Crippen LogP contribution in [0.4, 0.5) is 5.69 Å². The second-order valence-corrected chi connectivity index (χ2v) is 8.45. The van der Waals surface area contributed by atoms with Crippen LogP contribution in [0, 0.1) is 13.8 Å². The van der Waals surface area contributed by atoms with E-state index in [4.69, 9.17) is 0 Å². The Hall–Kier alpha value is -2.60. The second-order valence-electron chi connectivity index (χ2n) is 7.14. The number of nitrogens with one attached hydrogen (secondary N) is 1. The number of amides is 1. The predicted molar refractivity (Wildman–Crippen MR) is 115 cm³/mol. The summed E-state index contributed by atoms with van der Waals surface area (Å²) in [6.45, 7) is 10.1. The lowest BCUT2D eigenvalue weighted by molar-refractivity contribution is -0.115. The van der Waals surface area contributed by atoms with Crippen molar-refractivity contribution in [3.63, 3.8) is 0 Å². The van der Waals surface area contributed by atoms with Gasteiger partial charge in [0.25, 0.3) is 0 Å². The van der Waals surface area contributed by atoms with E-state index in [1.807, 2.05) is 54.8 Å². The Morgan fingerprint density at radius 2 is 1.68 bits per heavy atom. The van der Waals surface area contributed by atoms with Crippen LogP contribution in [0.2, 0.25) is 0 Å². The largest absolute Gasteiger partial charge is 0.325 e. The van der Waals surface area contributed by atoms with E-state index in [1.165, 1.54) is 11.8 Å². The Balaban J connectivity index is 1.80. The fourth-order valence-corrected chi connectivity index (χ4v) is 3.98. The summed E-state index contributed by atoms with van der Waals surface area (Å²) in [5.74, 6) is 1.09. The number of benzene rings is 2. The SMILES string of the molecule is Cc1ccccc1-n1c(C)nnc1SC(C)C(=O)Nc1ccccc1C(C)C. The van der Waals surface area contributed by atoms with Crippen molar-refractivity contribution in [1.29, 1.82) is 0 Å². The van der Waals surface area contributed by atoms with Crippen LogP contribution in [0.15, 0.2) is 53.7 Å². The van der Waals surface area contributed by atoms with Gasteiger partial charge in [0.1, 0.15) is 5.82 Å². The number of carbonyl (C=O) groups is 1. The molecule has 0 spiro atoms. The Labute approximate surface area is 170 Å². The van der Waals surface area contributed by atoms with E-state index in [-0.39, 0.29) is 11.2 Å². The number of aryl methyl sites for hydroxylation is 2. The minimum atomic E-state index is -0.313. The molecule has 1 amide bonds. The minimum Gasteiger partial charge on any atom is -0.325 e. The van der Waals surface area contributed by atoms with Gasteiger partial charge in [0, 0.05) is 5.69 Å². The summed E-state index contributed by atoms with van der Waals surface area (Å²) >= 11 is 1.41. The zero-order valence-electron chi connectivity index (χ0n) is 16.9. The van der Waals surface area contributed by atoms with Crippen molar-refractivity contribution in [3.05, 3.63) is 65.5 Å². The minimum absolute atomic E-state index is 0.0462. The van der Waals surface area contributed by atoms with Gasteiger partial charge >= 0.3 is 0 Å². The Kier molecular flexibility index (Phi) is 6.19. The number of hydrogen-bond donors (Lipinski definition) is 1.